The van der Waals surface area contributed by atoms with E-state index in [4.69, 9.17) is 18.0 Å². The van der Waals surface area contributed by atoms with E-state index in [0.29, 0.717) is 11.4 Å². The van der Waals surface area contributed by atoms with Crippen molar-refractivity contribution in [2.75, 3.05) is 5.32 Å². The van der Waals surface area contributed by atoms with Crippen LogP contribution in [-0.4, -0.2) is 28.0 Å². The van der Waals surface area contributed by atoms with Gasteiger partial charge in [0.05, 0.1) is 5.56 Å². The van der Waals surface area contributed by atoms with Crippen molar-refractivity contribution in [3.63, 3.8) is 0 Å². The van der Waals surface area contributed by atoms with Gasteiger partial charge in [-0.2, -0.15) is 0 Å². The molecule has 0 bridgehead atoms. The van der Waals surface area contributed by atoms with Gasteiger partial charge in [-0.25, -0.2) is 4.98 Å². The highest BCUT2D eigenvalue weighted by atomic mass is 32.1. The zero-order valence-corrected chi connectivity index (χ0v) is 12.5. The molecule has 5 nitrogen and oxygen atoms in total. The lowest BCUT2D eigenvalue weighted by atomic mass is 10.2. The number of hydrogen-bond acceptors (Lipinski definition) is 4. The first-order valence-electron chi connectivity index (χ1n) is 6.15. The lowest BCUT2D eigenvalue weighted by Crippen LogP contribution is -2.41. The van der Waals surface area contributed by atoms with E-state index in [2.05, 4.69) is 15.6 Å². The molecule has 0 aromatic carbocycles. The fourth-order valence-electron chi connectivity index (χ4n) is 1.55. The van der Waals surface area contributed by atoms with E-state index in [1.807, 2.05) is 26.8 Å². The molecule has 6 heteroatoms. The Hall–Kier alpha value is -1.69. The van der Waals surface area contributed by atoms with Gasteiger partial charge in [-0.3, -0.25) is 4.79 Å². The summed E-state index contributed by atoms with van der Waals surface area (Å²) in [6.45, 7) is 7.46. The molecular formula is C13H20N4OS. The van der Waals surface area contributed by atoms with Crippen LogP contribution in [0, 0.1) is 6.92 Å². The normalized spacial score (nSPS) is 12.1. The number of aromatic nitrogens is 1. The second-order valence-electron chi connectivity index (χ2n) is 4.74. The smallest absolute Gasteiger partial charge is 0.242 e. The summed E-state index contributed by atoms with van der Waals surface area (Å²) in [5.41, 5.74) is 7.12. The van der Waals surface area contributed by atoms with Crippen LogP contribution in [0.15, 0.2) is 12.1 Å². The van der Waals surface area contributed by atoms with Crippen LogP contribution in [0.4, 0.5) is 5.82 Å². The Morgan fingerprint density at radius 1 is 1.37 bits per heavy atom. The van der Waals surface area contributed by atoms with Crippen molar-refractivity contribution in [2.45, 2.75) is 39.8 Å². The zero-order valence-electron chi connectivity index (χ0n) is 11.7. The number of nitrogens with one attached hydrogen (secondary N) is 2. The molecule has 1 aromatic heterocycles. The molecule has 1 heterocycles. The topological polar surface area (TPSA) is 80.0 Å². The minimum Gasteiger partial charge on any atom is -0.389 e. The minimum absolute atomic E-state index is 0.0906. The Bertz CT molecular complexity index is 488. The van der Waals surface area contributed by atoms with Gasteiger partial charge >= 0.3 is 0 Å². The Morgan fingerprint density at radius 2 is 2.00 bits per heavy atom. The van der Waals surface area contributed by atoms with Gasteiger partial charge in [0.1, 0.15) is 16.8 Å². The van der Waals surface area contributed by atoms with Crippen LogP contribution >= 0.6 is 12.2 Å². The molecular weight excluding hydrogens is 260 g/mol. The number of thiocarbonyl (C=S) groups is 1. The molecule has 0 spiro atoms. The van der Waals surface area contributed by atoms with Gasteiger partial charge < -0.3 is 16.4 Å². The van der Waals surface area contributed by atoms with E-state index in [-0.39, 0.29) is 16.9 Å². The number of nitrogens with two attached hydrogens (primary N) is 1. The van der Waals surface area contributed by atoms with Crippen molar-refractivity contribution in [2.24, 2.45) is 5.73 Å². The first kappa shape index (κ1) is 15.4. The second-order valence-corrected chi connectivity index (χ2v) is 5.18. The van der Waals surface area contributed by atoms with E-state index in [9.17, 15) is 4.79 Å². The van der Waals surface area contributed by atoms with Gasteiger partial charge in [-0.15, -0.1) is 0 Å². The summed E-state index contributed by atoms with van der Waals surface area (Å²) >= 11 is 4.98. The number of aryl methyl sites for hydroxylation is 1. The third kappa shape index (κ3) is 4.48. The lowest BCUT2D eigenvalue weighted by molar-refractivity contribution is -0.122. The fraction of sp³-hybridized carbons (Fsp3) is 0.462. The molecule has 0 radical (unpaired) electrons. The lowest BCUT2D eigenvalue weighted by Gasteiger charge is -2.18. The van der Waals surface area contributed by atoms with Crippen molar-refractivity contribution >= 4 is 28.9 Å². The molecule has 0 aliphatic rings. The van der Waals surface area contributed by atoms with E-state index in [1.54, 1.807) is 13.0 Å². The molecule has 0 aliphatic carbocycles. The van der Waals surface area contributed by atoms with Crippen LogP contribution in [0.1, 0.15) is 32.0 Å². The first-order valence-corrected chi connectivity index (χ1v) is 6.56. The number of nitrogens with zero attached hydrogens (tertiary/aromatic N) is 1. The summed E-state index contributed by atoms with van der Waals surface area (Å²) in [5.74, 6) is 0.450. The van der Waals surface area contributed by atoms with Crippen molar-refractivity contribution in [3.8, 4) is 0 Å². The molecule has 0 fully saturated rings. The Morgan fingerprint density at radius 3 is 2.53 bits per heavy atom. The van der Waals surface area contributed by atoms with Gasteiger partial charge in [-0.05, 0) is 39.8 Å². The number of carbonyl (C=O) groups excluding carboxylic acids is 1. The molecule has 1 unspecified atom stereocenters. The summed E-state index contributed by atoms with van der Waals surface area (Å²) in [5, 5.41) is 5.88. The number of anilines is 1. The molecule has 0 saturated heterocycles. The summed E-state index contributed by atoms with van der Waals surface area (Å²) in [6.07, 6.45) is 0. The van der Waals surface area contributed by atoms with E-state index < -0.39 is 6.04 Å². The van der Waals surface area contributed by atoms with Crippen molar-refractivity contribution < 1.29 is 4.79 Å². The van der Waals surface area contributed by atoms with Gasteiger partial charge in [0.2, 0.25) is 5.91 Å². The number of rotatable bonds is 5. The van der Waals surface area contributed by atoms with Crippen molar-refractivity contribution in [1.82, 2.24) is 10.3 Å². The highest BCUT2D eigenvalue weighted by Crippen LogP contribution is 2.14. The summed E-state index contributed by atoms with van der Waals surface area (Å²) in [7, 11) is 0. The van der Waals surface area contributed by atoms with Crippen LogP contribution in [-0.2, 0) is 4.79 Å². The molecule has 1 rings (SSSR count). The number of amides is 1. The predicted octanol–water partition coefficient (Wildman–Crippen LogP) is 1.35. The van der Waals surface area contributed by atoms with Crippen LogP contribution in [0.3, 0.4) is 0 Å². The maximum absolute atomic E-state index is 11.9. The van der Waals surface area contributed by atoms with Crippen LogP contribution in [0.2, 0.25) is 0 Å². The maximum atomic E-state index is 11.9. The molecule has 0 saturated carbocycles. The maximum Gasteiger partial charge on any atom is 0.242 e. The highest BCUT2D eigenvalue weighted by Gasteiger charge is 2.16. The van der Waals surface area contributed by atoms with Crippen LogP contribution < -0.4 is 16.4 Å². The van der Waals surface area contributed by atoms with Crippen molar-refractivity contribution in [1.29, 1.82) is 0 Å². The Kier molecular flexibility index (Phi) is 5.23. The molecule has 1 atom stereocenters. The standard InChI is InChI=1S/C13H20N4OS/c1-7(2)15-13(18)9(4)17-12-10(11(14)19)6-5-8(3)16-12/h5-7,9H,1-4H3,(H2,14,19)(H,15,18)(H,16,17). The number of pyridine rings is 1. The number of hydrogen-bond donors (Lipinski definition) is 3. The van der Waals surface area contributed by atoms with Gasteiger partial charge in [-0.1, -0.05) is 12.2 Å². The average Bonchev–Trinajstić information content (AvgIpc) is 2.27. The average molecular weight is 280 g/mol. The van der Waals surface area contributed by atoms with Crippen LogP contribution in [0.5, 0.6) is 0 Å². The predicted molar refractivity (Wildman–Crippen MR) is 81.2 cm³/mol. The molecule has 1 amide bonds. The minimum atomic E-state index is -0.412. The van der Waals surface area contributed by atoms with E-state index in [0.717, 1.165) is 5.69 Å². The Balaban J connectivity index is 2.89. The van der Waals surface area contributed by atoms with E-state index >= 15 is 0 Å². The van der Waals surface area contributed by atoms with E-state index in [1.165, 1.54) is 0 Å². The monoisotopic (exact) mass is 280 g/mol. The SMILES string of the molecule is Cc1ccc(C(N)=S)c(NC(C)C(=O)NC(C)C)n1. The zero-order chi connectivity index (χ0) is 14.6. The highest BCUT2D eigenvalue weighted by molar-refractivity contribution is 7.80. The summed E-state index contributed by atoms with van der Waals surface area (Å²) in [6, 6.07) is 3.32. The molecule has 104 valence electrons. The molecule has 19 heavy (non-hydrogen) atoms. The fourth-order valence-corrected chi connectivity index (χ4v) is 1.71. The summed E-state index contributed by atoms with van der Waals surface area (Å²) < 4.78 is 0. The summed E-state index contributed by atoms with van der Waals surface area (Å²) in [4.78, 5) is 16.5. The van der Waals surface area contributed by atoms with Crippen molar-refractivity contribution in [3.05, 3.63) is 23.4 Å². The van der Waals surface area contributed by atoms with Crippen LogP contribution in [0.25, 0.3) is 0 Å². The van der Waals surface area contributed by atoms with Gasteiger partial charge in [0.15, 0.2) is 0 Å². The second kappa shape index (κ2) is 6.47. The molecule has 0 aliphatic heterocycles. The third-order valence-electron chi connectivity index (χ3n) is 2.48. The first-order chi connectivity index (χ1) is 8.81. The molecule has 4 N–H and O–H groups in total. The van der Waals surface area contributed by atoms with Gasteiger partial charge in [0.25, 0.3) is 0 Å². The Labute approximate surface area is 119 Å². The van der Waals surface area contributed by atoms with Gasteiger partial charge in [0, 0.05) is 11.7 Å². The molecule has 1 aromatic rings. The largest absolute Gasteiger partial charge is 0.389 e. The third-order valence-corrected chi connectivity index (χ3v) is 2.70. The number of carbonyl (C=O) groups is 1. The quantitative estimate of drug-likeness (QED) is 0.709.